The Hall–Kier alpha value is -1.94. The van der Waals surface area contributed by atoms with Gasteiger partial charge < -0.3 is 4.98 Å². The van der Waals surface area contributed by atoms with E-state index in [1.165, 1.54) is 0 Å². The number of rotatable bonds is 1. The van der Waals surface area contributed by atoms with Crippen LogP contribution in [0, 0.1) is 6.92 Å². The van der Waals surface area contributed by atoms with Gasteiger partial charge in [-0.05, 0) is 36.8 Å². The van der Waals surface area contributed by atoms with Crippen LogP contribution in [0.1, 0.15) is 5.56 Å². The molecule has 0 saturated heterocycles. The van der Waals surface area contributed by atoms with Crippen molar-refractivity contribution in [2.75, 3.05) is 0 Å². The number of nitrogens with zero attached hydrogens (tertiary/aromatic N) is 1. The van der Waals surface area contributed by atoms with Crippen molar-refractivity contribution in [1.82, 2.24) is 9.97 Å². The summed E-state index contributed by atoms with van der Waals surface area (Å²) < 4.78 is 0.933. The molecule has 19 heavy (non-hydrogen) atoms. The predicted molar refractivity (Wildman–Crippen MR) is 80.2 cm³/mol. The number of halogens is 1. The van der Waals surface area contributed by atoms with Gasteiger partial charge in [-0.25, -0.2) is 4.98 Å². The summed E-state index contributed by atoms with van der Waals surface area (Å²) >= 11 is 3.43. The molecule has 0 aliphatic carbocycles. The highest BCUT2D eigenvalue weighted by molar-refractivity contribution is 9.10. The lowest BCUT2D eigenvalue weighted by atomic mass is 10.1. The maximum absolute atomic E-state index is 12.2. The molecule has 0 aliphatic heterocycles. The van der Waals surface area contributed by atoms with E-state index in [4.69, 9.17) is 0 Å². The molecule has 3 aromatic rings. The Morgan fingerprint density at radius 1 is 1.16 bits per heavy atom. The molecule has 1 N–H and O–H groups in total. The van der Waals surface area contributed by atoms with Crippen LogP contribution in [0.2, 0.25) is 0 Å². The number of hydrogen-bond donors (Lipinski definition) is 1. The molecule has 0 atom stereocenters. The molecule has 94 valence electrons. The van der Waals surface area contributed by atoms with Crippen molar-refractivity contribution in [2.45, 2.75) is 6.92 Å². The smallest absolute Gasteiger partial charge is 0.274 e. The number of aromatic amines is 1. The van der Waals surface area contributed by atoms with E-state index in [0.717, 1.165) is 26.6 Å². The van der Waals surface area contributed by atoms with Crippen LogP contribution in [0.25, 0.3) is 22.3 Å². The zero-order valence-corrected chi connectivity index (χ0v) is 11.9. The van der Waals surface area contributed by atoms with E-state index in [2.05, 4.69) is 25.9 Å². The predicted octanol–water partition coefficient (Wildman–Crippen LogP) is 3.66. The number of hydrogen-bond acceptors (Lipinski definition) is 2. The van der Waals surface area contributed by atoms with Crippen molar-refractivity contribution < 1.29 is 0 Å². The number of nitrogens with one attached hydrogen (secondary N) is 1. The Morgan fingerprint density at radius 3 is 2.79 bits per heavy atom. The van der Waals surface area contributed by atoms with Crippen LogP contribution in [0.15, 0.2) is 51.7 Å². The molecule has 0 amide bonds. The lowest BCUT2D eigenvalue weighted by Crippen LogP contribution is -2.12. The van der Waals surface area contributed by atoms with Gasteiger partial charge in [0.25, 0.3) is 5.56 Å². The minimum absolute atomic E-state index is 0.167. The van der Waals surface area contributed by atoms with E-state index >= 15 is 0 Å². The topological polar surface area (TPSA) is 45.8 Å². The van der Waals surface area contributed by atoms with Gasteiger partial charge in [-0.3, -0.25) is 4.79 Å². The zero-order chi connectivity index (χ0) is 13.4. The summed E-state index contributed by atoms with van der Waals surface area (Å²) in [5, 5.41) is 0. The highest BCUT2D eigenvalue weighted by Gasteiger charge is 2.10. The van der Waals surface area contributed by atoms with Crippen molar-refractivity contribution in [3.05, 3.63) is 62.9 Å². The zero-order valence-electron chi connectivity index (χ0n) is 10.3. The number of aromatic nitrogens is 2. The Labute approximate surface area is 118 Å². The van der Waals surface area contributed by atoms with Gasteiger partial charge in [0.15, 0.2) is 0 Å². The van der Waals surface area contributed by atoms with Crippen molar-refractivity contribution in [2.24, 2.45) is 0 Å². The third-order valence-corrected chi connectivity index (χ3v) is 3.55. The van der Waals surface area contributed by atoms with Crippen LogP contribution < -0.4 is 5.56 Å². The summed E-state index contributed by atoms with van der Waals surface area (Å²) in [6, 6.07) is 13.4. The molecule has 0 bridgehead atoms. The Bertz CT molecular complexity index is 824. The molecule has 2 aromatic carbocycles. The molecule has 4 heteroatoms. The first-order valence-corrected chi connectivity index (χ1v) is 6.70. The summed E-state index contributed by atoms with van der Waals surface area (Å²) in [5.41, 5.74) is 3.70. The second kappa shape index (κ2) is 4.63. The van der Waals surface area contributed by atoms with Gasteiger partial charge in [0.2, 0.25) is 0 Å². The quantitative estimate of drug-likeness (QED) is 0.745. The second-order valence-corrected chi connectivity index (χ2v) is 5.31. The third kappa shape index (κ3) is 2.19. The third-order valence-electron chi connectivity index (χ3n) is 3.05. The molecule has 1 aromatic heterocycles. The lowest BCUT2D eigenvalue weighted by Gasteiger charge is -2.06. The molecule has 0 saturated carbocycles. The standard InChI is InChI=1S/C15H11BrN2O/c1-9-6-7-10(16)8-11(9)14-15(19)18-13-5-3-2-4-12(13)17-14/h2-8H,1H3,(H,18,19). The molecule has 0 aliphatic rings. The first kappa shape index (κ1) is 12.1. The summed E-state index contributed by atoms with van der Waals surface area (Å²) in [6.45, 7) is 1.97. The molecule has 0 fully saturated rings. The van der Waals surface area contributed by atoms with E-state index in [0.29, 0.717) is 5.69 Å². The first-order chi connectivity index (χ1) is 9.15. The fourth-order valence-corrected chi connectivity index (χ4v) is 2.42. The van der Waals surface area contributed by atoms with Crippen molar-refractivity contribution in [3.8, 4) is 11.3 Å². The van der Waals surface area contributed by atoms with Gasteiger partial charge >= 0.3 is 0 Å². The molecular weight excluding hydrogens is 304 g/mol. The Morgan fingerprint density at radius 2 is 1.95 bits per heavy atom. The molecule has 0 unspecified atom stereocenters. The largest absolute Gasteiger partial charge is 0.319 e. The van der Waals surface area contributed by atoms with Crippen molar-refractivity contribution >= 4 is 27.0 Å². The highest BCUT2D eigenvalue weighted by Crippen LogP contribution is 2.24. The molecule has 0 radical (unpaired) electrons. The summed E-state index contributed by atoms with van der Waals surface area (Å²) in [6.07, 6.45) is 0. The number of para-hydroxylation sites is 2. The van der Waals surface area contributed by atoms with Gasteiger partial charge in [0.1, 0.15) is 5.69 Å². The monoisotopic (exact) mass is 314 g/mol. The maximum Gasteiger partial charge on any atom is 0.274 e. The maximum atomic E-state index is 12.2. The van der Waals surface area contributed by atoms with Crippen molar-refractivity contribution in [3.63, 3.8) is 0 Å². The fourth-order valence-electron chi connectivity index (χ4n) is 2.06. The Kier molecular flexibility index (Phi) is 2.95. The number of aryl methyl sites for hydroxylation is 1. The van der Waals surface area contributed by atoms with E-state index in [-0.39, 0.29) is 5.56 Å². The average molecular weight is 315 g/mol. The number of fused-ring (bicyclic) bond motifs is 1. The highest BCUT2D eigenvalue weighted by atomic mass is 79.9. The molecule has 0 spiro atoms. The molecule has 1 heterocycles. The van der Waals surface area contributed by atoms with E-state index in [9.17, 15) is 4.79 Å². The summed E-state index contributed by atoms with van der Waals surface area (Å²) in [7, 11) is 0. The fraction of sp³-hybridized carbons (Fsp3) is 0.0667. The summed E-state index contributed by atoms with van der Waals surface area (Å²) in [5.74, 6) is 0. The van der Waals surface area contributed by atoms with Crippen LogP contribution in [-0.2, 0) is 0 Å². The van der Waals surface area contributed by atoms with Crippen LogP contribution in [-0.4, -0.2) is 9.97 Å². The van der Waals surface area contributed by atoms with E-state index < -0.39 is 0 Å². The van der Waals surface area contributed by atoms with Gasteiger partial charge in [-0.1, -0.05) is 34.1 Å². The van der Waals surface area contributed by atoms with Crippen molar-refractivity contribution in [1.29, 1.82) is 0 Å². The van der Waals surface area contributed by atoms with Gasteiger partial charge in [0, 0.05) is 10.0 Å². The second-order valence-electron chi connectivity index (χ2n) is 4.39. The SMILES string of the molecule is Cc1ccc(Br)cc1-c1nc2ccccc2[nH]c1=O. The Balaban J connectivity index is 2.33. The number of H-pyrrole nitrogens is 1. The molecule has 3 rings (SSSR count). The summed E-state index contributed by atoms with van der Waals surface area (Å²) in [4.78, 5) is 19.5. The normalized spacial score (nSPS) is 10.8. The van der Waals surface area contributed by atoms with Crippen LogP contribution in [0.4, 0.5) is 0 Å². The minimum Gasteiger partial charge on any atom is -0.319 e. The van der Waals surface area contributed by atoms with Gasteiger partial charge in [-0.15, -0.1) is 0 Å². The minimum atomic E-state index is -0.167. The molecule has 3 nitrogen and oxygen atoms in total. The number of benzene rings is 2. The first-order valence-electron chi connectivity index (χ1n) is 5.91. The van der Waals surface area contributed by atoms with Crippen LogP contribution in [0.5, 0.6) is 0 Å². The van der Waals surface area contributed by atoms with E-state index in [1.807, 2.05) is 49.4 Å². The van der Waals surface area contributed by atoms with E-state index in [1.54, 1.807) is 0 Å². The van der Waals surface area contributed by atoms with Gasteiger partial charge in [-0.2, -0.15) is 0 Å². The molecular formula is C15H11BrN2O. The average Bonchev–Trinajstić information content (AvgIpc) is 2.41. The van der Waals surface area contributed by atoms with Crippen LogP contribution in [0.3, 0.4) is 0 Å². The van der Waals surface area contributed by atoms with Gasteiger partial charge in [0.05, 0.1) is 11.0 Å². The lowest BCUT2D eigenvalue weighted by molar-refractivity contribution is 1.21. The van der Waals surface area contributed by atoms with Crippen LogP contribution >= 0.6 is 15.9 Å².